The fraction of sp³-hybridized carbons (Fsp3) is 0.471. The van der Waals surface area contributed by atoms with Crippen LogP contribution in [0.5, 0.6) is 0 Å². The Bertz CT molecular complexity index is 758. The van der Waals surface area contributed by atoms with Crippen molar-refractivity contribution in [2.24, 2.45) is 0 Å². The van der Waals surface area contributed by atoms with Crippen LogP contribution in [0.15, 0.2) is 40.9 Å². The van der Waals surface area contributed by atoms with E-state index in [1.807, 2.05) is 30.3 Å². The lowest BCUT2D eigenvalue weighted by Crippen LogP contribution is -2.46. The summed E-state index contributed by atoms with van der Waals surface area (Å²) in [6.45, 7) is 1.97. The van der Waals surface area contributed by atoms with Gasteiger partial charge in [-0.1, -0.05) is 36.8 Å². The number of oxazole rings is 1. The minimum atomic E-state index is -3.17. The lowest BCUT2D eigenvalue weighted by atomic mass is 10.0. The Kier molecular flexibility index (Phi) is 5.33. The van der Waals surface area contributed by atoms with E-state index in [0.717, 1.165) is 37.1 Å². The molecule has 1 N–H and O–H groups in total. The fourth-order valence-electron chi connectivity index (χ4n) is 3.04. The third kappa shape index (κ3) is 4.66. The van der Waals surface area contributed by atoms with Gasteiger partial charge in [-0.2, -0.15) is 0 Å². The summed E-state index contributed by atoms with van der Waals surface area (Å²) in [6, 6.07) is 10.1. The molecule has 2 heterocycles. The minimum Gasteiger partial charge on any atom is -0.439 e. The second-order valence-corrected chi connectivity index (χ2v) is 8.06. The number of benzene rings is 1. The summed E-state index contributed by atoms with van der Waals surface area (Å²) < 4.78 is 31.2. The minimum absolute atomic E-state index is 0.181. The largest absolute Gasteiger partial charge is 0.439 e. The smallest absolute Gasteiger partial charge is 0.209 e. The van der Waals surface area contributed by atoms with Crippen LogP contribution in [-0.4, -0.2) is 43.7 Å². The molecule has 130 valence electrons. The van der Waals surface area contributed by atoms with Crippen LogP contribution in [0.1, 0.15) is 25.2 Å². The zero-order valence-corrected chi connectivity index (χ0v) is 14.6. The molecule has 1 aliphatic heterocycles. The summed E-state index contributed by atoms with van der Waals surface area (Å²) in [4.78, 5) is 6.64. The van der Waals surface area contributed by atoms with Crippen LogP contribution in [0.25, 0.3) is 11.3 Å². The van der Waals surface area contributed by atoms with E-state index in [4.69, 9.17) is 4.42 Å². The van der Waals surface area contributed by atoms with Crippen molar-refractivity contribution in [2.75, 3.05) is 19.3 Å². The zero-order valence-electron chi connectivity index (χ0n) is 13.8. The van der Waals surface area contributed by atoms with Gasteiger partial charge >= 0.3 is 0 Å². The highest BCUT2D eigenvalue weighted by Crippen LogP contribution is 2.23. The summed E-state index contributed by atoms with van der Waals surface area (Å²) in [6.07, 6.45) is 6.16. The van der Waals surface area contributed by atoms with Crippen molar-refractivity contribution >= 4 is 10.0 Å². The molecule has 24 heavy (non-hydrogen) atoms. The molecule has 1 aromatic heterocycles. The molecule has 1 atom stereocenters. The van der Waals surface area contributed by atoms with Gasteiger partial charge in [0.05, 0.1) is 19.0 Å². The van der Waals surface area contributed by atoms with Crippen LogP contribution in [0, 0.1) is 0 Å². The quantitative estimate of drug-likeness (QED) is 0.866. The number of hydrogen-bond donors (Lipinski definition) is 1. The van der Waals surface area contributed by atoms with E-state index in [2.05, 4.69) is 14.6 Å². The van der Waals surface area contributed by atoms with E-state index in [1.165, 1.54) is 6.26 Å². The Morgan fingerprint density at radius 1 is 1.29 bits per heavy atom. The second-order valence-electron chi connectivity index (χ2n) is 6.22. The molecule has 1 aliphatic rings. The average molecular weight is 349 g/mol. The molecule has 3 rings (SSSR count). The van der Waals surface area contributed by atoms with Crippen LogP contribution in [-0.2, 0) is 16.6 Å². The summed E-state index contributed by atoms with van der Waals surface area (Å²) in [5.41, 5.74) is 1.00. The summed E-state index contributed by atoms with van der Waals surface area (Å²) in [5, 5.41) is 0. The van der Waals surface area contributed by atoms with Gasteiger partial charge in [-0.3, -0.25) is 4.90 Å². The molecule has 0 saturated carbocycles. The van der Waals surface area contributed by atoms with E-state index in [0.29, 0.717) is 19.0 Å². The van der Waals surface area contributed by atoms with E-state index in [-0.39, 0.29) is 6.04 Å². The number of hydrogen-bond acceptors (Lipinski definition) is 5. The normalized spacial score (nSPS) is 19.5. The van der Waals surface area contributed by atoms with Gasteiger partial charge in [-0.25, -0.2) is 18.1 Å². The highest BCUT2D eigenvalue weighted by Gasteiger charge is 2.24. The van der Waals surface area contributed by atoms with Crippen molar-refractivity contribution in [2.45, 2.75) is 31.8 Å². The van der Waals surface area contributed by atoms with E-state index >= 15 is 0 Å². The van der Waals surface area contributed by atoms with E-state index in [9.17, 15) is 8.42 Å². The van der Waals surface area contributed by atoms with Gasteiger partial charge in [0, 0.05) is 18.2 Å². The van der Waals surface area contributed by atoms with Gasteiger partial charge in [0.1, 0.15) is 0 Å². The van der Waals surface area contributed by atoms with Crippen LogP contribution in [0.3, 0.4) is 0 Å². The molecule has 1 fully saturated rings. The van der Waals surface area contributed by atoms with Gasteiger partial charge in [-0.15, -0.1) is 0 Å². The SMILES string of the molecule is CS(=O)(=O)NC[C@H]1CCCCN1Cc1ncc(-c2ccccc2)o1. The maximum absolute atomic E-state index is 11.3. The van der Waals surface area contributed by atoms with Crippen molar-refractivity contribution < 1.29 is 12.8 Å². The molecular formula is C17H23N3O3S. The van der Waals surface area contributed by atoms with Crippen molar-refractivity contribution in [3.63, 3.8) is 0 Å². The lowest BCUT2D eigenvalue weighted by Gasteiger charge is -2.34. The summed E-state index contributed by atoms with van der Waals surface area (Å²) in [5.74, 6) is 1.42. The summed E-state index contributed by atoms with van der Waals surface area (Å²) in [7, 11) is -3.17. The van der Waals surface area contributed by atoms with Gasteiger partial charge in [-0.05, 0) is 19.4 Å². The molecule has 7 heteroatoms. The predicted molar refractivity (Wildman–Crippen MR) is 92.8 cm³/mol. The Hall–Kier alpha value is -1.70. The Balaban J connectivity index is 1.66. The Morgan fingerprint density at radius 3 is 2.83 bits per heavy atom. The third-order valence-electron chi connectivity index (χ3n) is 4.28. The number of piperidine rings is 1. The topological polar surface area (TPSA) is 75.4 Å². The summed E-state index contributed by atoms with van der Waals surface area (Å²) >= 11 is 0. The maximum Gasteiger partial charge on any atom is 0.209 e. The van der Waals surface area contributed by atoms with Crippen LogP contribution >= 0.6 is 0 Å². The standard InChI is InChI=1S/C17H23N3O3S/c1-24(21,22)19-11-15-9-5-6-10-20(15)13-17-18-12-16(23-17)14-7-3-2-4-8-14/h2-4,7-8,12,15,19H,5-6,9-11,13H2,1H3/t15-/m1/s1. The number of nitrogens with one attached hydrogen (secondary N) is 1. The second kappa shape index (κ2) is 7.46. The molecule has 0 radical (unpaired) electrons. The van der Waals surface area contributed by atoms with Gasteiger partial charge < -0.3 is 4.42 Å². The molecule has 0 spiro atoms. The Morgan fingerprint density at radius 2 is 2.08 bits per heavy atom. The highest BCUT2D eigenvalue weighted by molar-refractivity contribution is 7.88. The first-order valence-corrected chi connectivity index (χ1v) is 10.1. The molecule has 0 unspecified atom stereocenters. The van der Waals surface area contributed by atoms with Crippen molar-refractivity contribution in [1.82, 2.24) is 14.6 Å². The van der Waals surface area contributed by atoms with Crippen LogP contribution in [0.2, 0.25) is 0 Å². The van der Waals surface area contributed by atoms with Gasteiger partial charge in [0.2, 0.25) is 15.9 Å². The van der Waals surface area contributed by atoms with E-state index in [1.54, 1.807) is 6.20 Å². The lowest BCUT2D eigenvalue weighted by molar-refractivity contribution is 0.130. The number of rotatable bonds is 6. The molecule has 6 nitrogen and oxygen atoms in total. The molecular weight excluding hydrogens is 326 g/mol. The first-order chi connectivity index (χ1) is 11.5. The molecule has 0 aliphatic carbocycles. The molecule has 0 amide bonds. The number of likely N-dealkylation sites (tertiary alicyclic amines) is 1. The van der Waals surface area contributed by atoms with Gasteiger partial charge in [0.15, 0.2) is 5.76 Å². The molecule has 2 aromatic rings. The Labute approximate surface area is 142 Å². The molecule has 1 aromatic carbocycles. The number of nitrogens with zero attached hydrogens (tertiary/aromatic N) is 2. The maximum atomic E-state index is 11.3. The van der Waals surface area contributed by atoms with E-state index < -0.39 is 10.0 Å². The first kappa shape index (κ1) is 17.1. The fourth-order valence-corrected chi connectivity index (χ4v) is 3.53. The highest BCUT2D eigenvalue weighted by atomic mass is 32.2. The van der Waals surface area contributed by atoms with Crippen LogP contribution in [0.4, 0.5) is 0 Å². The number of aromatic nitrogens is 1. The van der Waals surface area contributed by atoms with Crippen molar-refractivity contribution in [1.29, 1.82) is 0 Å². The van der Waals surface area contributed by atoms with Crippen LogP contribution < -0.4 is 4.72 Å². The zero-order chi connectivity index (χ0) is 17.0. The molecule has 1 saturated heterocycles. The van der Waals surface area contributed by atoms with Crippen molar-refractivity contribution in [3.8, 4) is 11.3 Å². The monoisotopic (exact) mass is 349 g/mol. The first-order valence-electron chi connectivity index (χ1n) is 8.20. The average Bonchev–Trinajstić information content (AvgIpc) is 3.03. The predicted octanol–water partition coefficient (Wildman–Crippen LogP) is 2.25. The van der Waals surface area contributed by atoms with Crippen molar-refractivity contribution in [3.05, 3.63) is 42.4 Å². The third-order valence-corrected chi connectivity index (χ3v) is 4.97. The number of sulfonamides is 1. The van der Waals surface area contributed by atoms with Gasteiger partial charge in [0.25, 0.3) is 0 Å². The molecule has 0 bridgehead atoms.